The number of hydrogen-bond donors (Lipinski definition) is 1. The van der Waals surface area contributed by atoms with Crippen molar-refractivity contribution in [3.05, 3.63) is 42.7 Å². The number of pyridine rings is 1. The predicted molar refractivity (Wildman–Crippen MR) is 89.3 cm³/mol. The Labute approximate surface area is 133 Å². The van der Waals surface area contributed by atoms with Gasteiger partial charge in [-0.1, -0.05) is 19.1 Å². The first-order valence-electron chi connectivity index (χ1n) is 8.04. The van der Waals surface area contributed by atoms with Gasteiger partial charge in [-0.15, -0.1) is 6.58 Å². The van der Waals surface area contributed by atoms with E-state index in [4.69, 9.17) is 0 Å². The van der Waals surface area contributed by atoms with E-state index >= 15 is 0 Å². The van der Waals surface area contributed by atoms with Gasteiger partial charge in [0.05, 0.1) is 5.41 Å². The van der Waals surface area contributed by atoms with E-state index in [-0.39, 0.29) is 5.91 Å². The van der Waals surface area contributed by atoms with Gasteiger partial charge in [-0.05, 0) is 50.9 Å². The van der Waals surface area contributed by atoms with Crippen LogP contribution in [0.2, 0.25) is 0 Å². The van der Waals surface area contributed by atoms with Crippen LogP contribution in [0.3, 0.4) is 0 Å². The van der Waals surface area contributed by atoms with Crippen LogP contribution < -0.4 is 5.32 Å². The van der Waals surface area contributed by atoms with Crippen molar-refractivity contribution < 1.29 is 4.79 Å². The Morgan fingerprint density at radius 2 is 2.41 bits per heavy atom. The maximum atomic E-state index is 12.4. The Hall–Kier alpha value is -1.68. The topological polar surface area (TPSA) is 45.2 Å². The number of carbonyl (C=O) groups is 1. The van der Waals surface area contributed by atoms with E-state index in [2.05, 4.69) is 34.9 Å². The lowest BCUT2D eigenvalue weighted by Crippen LogP contribution is -2.40. The predicted octanol–water partition coefficient (Wildman–Crippen LogP) is 2.79. The average molecular weight is 301 g/mol. The molecule has 2 rings (SSSR count). The molecule has 3 atom stereocenters. The number of nitrogens with zero attached hydrogens (tertiary/aromatic N) is 2. The van der Waals surface area contributed by atoms with E-state index in [1.54, 1.807) is 12.3 Å². The van der Waals surface area contributed by atoms with Crippen molar-refractivity contribution in [3.8, 4) is 0 Å². The van der Waals surface area contributed by atoms with Gasteiger partial charge in [0.15, 0.2) is 0 Å². The molecule has 1 saturated heterocycles. The minimum atomic E-state index is -0.478. The first kappa shape index (κ1) is 16.7. The van der Waals surface area contributed by atoms with E-state index in [1.807, 2.05) is 26.1 Å². The van der Waals surface area contributed by atoms with Crippen LogP contribution in [-0.2, 0) is 4.79 Å². The fourth-order valence-electron chi connectivity index (χ4n) is 3.14. The van der Waals surface area contributed by atoms with Crippen molar-refractivity contribution in [2.75, 3.05) is 20.1 Å². The molecule has 4 nitrogen and oxygen atoms in total. The molecule has 2 heterocycles. The molecule has 0 spiro atoms. The molecule has 1 N–H and O–H groups in total. The van der Waals surface area contributed by atoms with Gasteiger partial charge in [0.25, 0.3) is 0 Å². The molecule has 0 bridgehead atoms. The second-order valence-corrected chi connectivity index (χ2v) is 6.45. The van der Waals surface area contributed by atoms with Crippen LogP contribution >= 0.6 is 0 Å². The number of amides is 1. The van der Waals surface area contributed by atoms with Crippen LogP contribution in [0.4, 0.5) is 0 Å². The average Bonchev–Trinajstić information content (AvgIpc) is 2.93. The second kappa shape index (κ2) is 7.05. The molecule has 0 aliphatic carbocycles. The lowest BCUT2D eigenvalue weighted by molar-refractivity contribution is -0.128. The minimum absolute atomic E-state index is 0.0736. The third kappa shape index (κ3) is 3.38. The van der Waals surface area contributed by atoms with E-state index in [0.29, 0.717) is 18.5 Å². The Bertz CT molecular complexity index is 516. The molecule has 22 heavy (non-hydrogen) atoms. The Kier molecular flexibility index (Phi) is 5.35. The van der Waals surface area contributed by atoms with Crippen molar-refractivity contribution >= 4 is 5.91 Å². The maximum Gasteiger partial charge on any atom is 0.229 e. The molecule has 1 aliphatic heterocycles. The quantitative estimate of drug-likeness (QED) is 0.822. The summed E-state index contributed by atoms with van der Waals surface area (Å²) in [6.07, 6.45) is 7.33. The smallest absolute Gasteiger partial charge is 0.229 e. The van der Waals surface area contributed by atoms with Crippen LogP contribution in [0.25, 0.3) is 0 Å². The molecule has 120 valence electrons. The largest absolute Gasteiger partial charge is 0.355 e. The standard InChI is InChI=1S/C18H27N3O/c1-5-18(3,6-2)17(22)20-13-15-9-11-21(4)16(15)14-8-7-10-19-12-14/h5,7-8,10,12,15-16H,1,6,9,11,13H2,2-4H3,(H,20,22)/t15-,16-,18-/m0/s1. The highest BCUT2D eigenvalue weighted by Gasteiger charge is 2.34. The van der Waals surface area contributed by atoms with Crippen LogP contribution in [0.15, 0.2) is 37.2 Å². The van der Waals surface area contributed by atoms with Crippen LogP contribution in [-0.4, -0.2) is 35.9 Å². The lowest BCUT2D eigenvalue weighted by Gasteiger charge is -2.28. The molecule has 1 aromatic rings. The van der Waals surface area contributed by atoms with Crippen LogP contribution in [0.1, 0.15) is 38.3 Å². The zero-order valence-corrected chi connectivity index (χ0v) is 13.9. The SMILES string of the molecule is C=C[C@@](C)(CC)C(=O)NC[C@@H]1CCN(C)[C@H]1c1cccnc1. The summed E-state index contributed by atoms with van der Waals surface area (Å²) in [5.74, 6) is 0.494. The van der Waals surface area contributed by atoms with Crippen molar-refractivity contribution in [3.63, 3.8) is 0 Å². The van der Waals surface area contributed by atoms with Crippen molar-refractivity contribution in [1.29, 1.82) is 0 Å². The highest BCUT2D eigenvalue weighted by molar-refractivity contribution is 5.84. The highest BCUT2D eigenvalue weighted by atomic mass is 16.2. The monoisotopic (exact) mass is 301 g/mol. The normalized spacial score (nSPS) is 24.7. The summed E-state index contributed by atoms with van der Waals surface area (Å²) in [5.41, 5.74) is 0.748. The molecule has 1 aromatic heterocycles. The number of carbonyl (C=O) groups excluding carboxylic acids is 1. The molecule has 1 amide bonds. The van der Waals surface area contributed by atoms with Gasteiger partial charge in [-0.3, -0.25) is 14.7 Å². The summed E-state index contributed by atoms with van der Waals surface area (Å²) < 4.78 is 0. The second-order valence-electron chi connectivity index (χ2n) is 6.45. The molecule has 0 radical (unpaired) electrons. The van der Waals surface area contributed by atoms with Crippen LogP contribution in [0.5, 0.6) is 0 Å². The summed E-state index contributed by atoms with van der Waals surface area (Å²) in [5, 5.41) is 3.13. The van der Waals surface area contributed by atoms with Crippen molar-refractivity contribution in [2.45, 2.75) is 32.7 Å². The third-order valence-electron chi connectivity index (χ3n) is 5.03. The van der Waals surface area contributed by atoms with E-state index in [0.717, 1.165) is 19.4 Å². The molecule has 0 saturated carbocycles. The van der Waals surface area contributed by atoms with Crippen molar-refractivity contribution in [2.24, 2.45) is 11.3 Å². The summed E-state index contributed by atoms with van der Waals surface area (Å²) in [4.78, 5) is 19.0. The van der Waals surface area contributed by atoms with Gasteiger partial charge in [0, 0.05) is 25.0 Å². The number of hydrogen-bond acceptors (Lipinski definition) is 3. The minimum Gasteiger partial charge on any atom is -0.355 e. The summed E-state index contributed by atoms with van der Waals surface area (Å²) in [6.45, 7) is 9.51. The molecule has 0 aromatic carbocycles. The fraction of sp³-hybridized carbons (Fsp3) is 0.556. The summed E-state index contributed by atoms with van der Waals surface area (Å²) >= 11 is 0. The van der Waals surface area contributed by atoms with Gasteiger partial charge in [-0.25, -0.2) is 0 Å². The number of nitrogens with one attached hydrogen (secondary N) is 1. The Morgan fingerprint density at radius 3 is 3.00 bits per heavy atom. The van der Waals surface area contributed by atoms with Crippen LogP contribution in [0, 0.1) is 11.3 Å². The van der Waals surface area contributed by atoms with Gasteiger partial charge in [-0.2, -0.15) is 0 Å². The molecule has 4 heteroatoms. The van der Waals surface area contributed by atoms with Gasteiger partial charge in [0.2, 0.25) is 5.91 Å². The number of aromatic nitrogens is 1. The number of likely N-dealkylation sites (tertiary alicyclic amines) is 1. The van der Waals surface area contributed by atoms with E-state index < -0.39 is 5.41 Å². The van der Waals surface area contributed by atoms with Gasteiger partial charge >= 0.3 is 0 Å². The lowest BCUT2D eigenvalue weighted by atomic mass is 9.86. The fourth-order valence-corrected chi connectivity index (χ4v) is 3.14. The molecule has 1 aliphatic rings. The summed E-state index contributed by atoms with van der Waals surface area (Å²) in [6, 6.07) is 4.42. The maximum absolute atomic E-state index is 12.4. The van der Waals surface area contributed by atoms with E-state index in [1.165, 1.54) is 5.56 Å². The zero-order valence-electron chi connectivity index (χ0n) is 13.9. The Morgan fingerprint density at radius 1 is 1.64 bits per heavy atom. The highest BCUT2D eigenvalue weighted by Crippen LogP contribution is 2.35. The number of rotatable bonds is 6. The van der Waals surface area contributed by atoms with Gasteiger partial charge in [0.1, 0.15) is 0 Å². The first-order chi connectivity index (χ1) is 10.5. The molecular weight excluding hydrogens is 274 g/mol. The van der Waals surface area contributed by atoms with Gasteiger partial charge < -0.3 is 5.32 Å². The summed E-state index contributed by atoms with van der Waals surface area (Å²) in [7, 11) is 2.14. The molecular formula is C18H27N3O. The zero-order chi connectivity index (χ0) is 16.2. The third-order valence-corrected chi connectivity index (χ3v) is 5.03. The van der Waals surface area contributed by atoms with Crippen molar-refractivity contribution in [1.82, 2.24) is 15.2 Å². The molecule has 1 fully saturated rings. The van der Waals surface area contributed by atoms with E-state index in [9.17, 15) is 4.79 Å². The molecule has 0 unspecified atom stereocenters. The Balaban J connectivity index is 2.03. The first-order valence-corrected chi connectivity index (χ1v) is 8.04.